The van der Waals surface area contributed by atoms with E-state index in [1.165, 1.54) is 43.5 Å². The molecule has 0 aromatic heterocycles. The van der Waals surface area contributed by atoms with Gasteiger partial charge in [0.05, 0.1) is 12.8 Å². The number of para-hydroxylation sites is 2. The molecule has 1 N–H and O–H groups in total. The number of hydrogen-bond acceptors (Lipinski definition) is 4. The fourth-order valence-corrected chi connectivity index (χ4v) is 1.86. The molecular formula is C18H16FNO4. The summed E-state index contributed by atoms with van der Waals surface area (Å²) in [6, 6.07) is 12.5. The Morgan fingerprint density at radius 3 is 2.54 bits per heavy atom. The predicted octanol–water partition coefficient (Wildman–Crippen LogP) is 3.03. The van der Waals surface area contributed by atoms with Crippen molar-refractivity contribution in [3.8, 4) is 5.75 Å². The van der Waals surface area contributed by atoms with Crippen molar-refractivity contribution in [2.45, 2.75) is 0 Å². The number of benzene rings is 2. The molecule has 0 radical (unpaired) electrons. The zero-order valence-corrected chi connectivity index (χ0v) is 13.0. The lowest BCUT2D eigenvalue weighted by Gasteiger charge is -2.09. The molecule has 0 unspecified atom stereocenters. The standard InChI is InChI=1S/C18H16FNO4/c1-23-16-5-3-2-4-15(16)20-17(21)12-24-18(22)11-8-13-6-9-14(19)10-7-13/h2-11H,12H2,1H3,(H,20,21)/b11-8+. The summed E-state index contributed by atoms with van der Waals surface area (Å²) in [6.07, 6.45) is 2.64. The van der Waals surface area contributed by atoms with Crippen LogP contribution in [-0.4, -0.2) is 25.6 Å². The van der Waals surface area contributed by atoms with Gasteiger partial charge in [-0.1, -0.05) is 24.3 Å². The van der Waals surface area contributed by atoms with E-state index in [1.54, 1.807) is 24.3 Å². The maximum atomic E-state index is 12.8. The van der Waals surface area contributed by atoms with E-state index in [0.29, 0.717) is 17.0 Å². The Kier molecular flexibility index (Phi) is 6.08. The molecule has 2 rings (SSSR count). The monoisotopic (exact) mass is 329 g/mol. The fraction of sp³-hybridized carbons (Fsp3) is 0.111. The summed E-state index contributed by atoms with van der Waals surface area (Å²) >= 11 is 0. The number of carbonyl (C=O) groups excluding carboxylic acids is 2. The van der Waals surface area contributed by atoms with Gasteiger partial charge < -0.3 is 14.8 Å². The number of nitrogens with one attached hydrogen (secondary N) is 1. The van der Waals surface area contributed by atoms with Crippen LogP contribution < -0.4 is 10.1 Å². The van der Waals surface area contributed by atoms with Crippen LogP contribution in [0.25, 0.3) is 6.08 Å². The SMILES string of the molecule is COc1ccccc1NC(=O)COC(=O)/C=C/c1ccc(F)cc1. The molecular weight excluding hydrogens is 313 g/mol. The van der Waals surface area contributed by atoms with E-state index < -0.39 is 18.5 Å². The van der Waals surface area contributed by atoms with Gasteiger partial charge in [0, 0.05) is 6.08 Å². The maximum absolute atomic E-state index is 12.8. The van der Waals surface area contributed by atoms with Crippen molar-refractivity contribution in [1.29, 1.82) is 0 Å². The maximum Gasteiger partial charge on any atom is 0.331 e. The first-order chi connectivity index (χ1) is 11.6. The normalized spacial score (nSPS) is 10.4. The van der Waals surface area contributed by atoms with Crippen LogP contribution in [0.1, 0.15) is 5.56 Å². The van der Waals surface area contributed by atoms with E-state index in [9.17, 15) is 14.0 Å². The second-order valence-corrected chi connectivity index (χ2v) is 4.74. The van der Waals surface area contributed by atoms with Gasteiger partial charge in [-0.15, -0.1) is 0 Å². The molecule has 0 aliphatic heterocycles. The topological polar surface area (TPSA) is 64.6 Å². The van der Waals surface area contributed by atoms with Crippen LogP contribution in [0.4, 0.5) is 10.1 Å². The number of carbonyl (C=O) groups is 2. The molecule has 0 aliphatic rings. The number of ether oxygens (including phenoxy) is 2. The third-order valence-corrected chi connectivity index (χ3v) is 3.01. The van der Waals surface area contributed by atoms with Crippen LogP contribution in [0.15, 0.2) is 54.6 Å². The summed E-state index contributed by atoms with van der Waals surface area (Å²) in [5.41, 5.74) is 1.13. The van der Waals surface area contributed by atoms with Crippen LogP contribution in [0.3, 0.4) is 0 Å². The Bertz CT molecular complexity index is 741. The van der Waals surface area contributed by atoms with Crippen molar-refractivity contribution in [2.24, 2.45) is 0 Å². The van der Waals surface area contributed by atoms with Crippen molar-refractivity contribution >= 4 is 23.6 Å². The van der Waals surface area contributed by atoms with Gasteiger partial charge in [0.2, 0.25) is 0 Å². The third-order valence-electron chi connectivity index (χ3n) is 3.01. The van der Waals surface area contributed by atoms with Gasteiger partial charge >= 0.3 is 5.97 Å². The Morgan fingerprint density at radius 1 is 1.12 bits per heavy atom. The molecule has 2 aromatic carbocycles. The second-order valence-electron chi connectivity index (χ2n) is 4.74. The number of hydrogen-bond donors (Lipinski definition) is 1. The first-order valence-corrected chi connectivity index (χ1v) is 7.12. The minimum atomic E-state index is -0.672. The number of anilines is 1. The molecule has 6 heteroatoms. The second kappa shape index (κ2) is 8.47. The molecule has 0 saturated heterocycles. The summed E-state index contributed by atoms with van der Waals surface area (Å²) in [7, 11) is 1.49. The first kappa shape index (κ1) is 17.2. The Labute approximate surface area is 138 Å². The summed E-state index contributed by atoms with van der Waals surface area (Å²) in [6.45, 7) is -0.426. The van der Waals surface area contributed by atoms with Gasteiger partial charge in [-0.2, -0.15) is 0 Å². The molecule has 2 aromatic rings. The highest BCUT2D eigenvalue weighted by molar-refractivity contribution is 5.95. The van der Waals surface area contributed by atoms with Gasteiger partial charge in [-0.25, -0.2) is 9.18 Å². The molecule has 0 saturated carbocycles. The van der Waals surface area contributed by atoms with Crippen molar-refractivity contribution in [2.75, 3.05) is 19.0 Å². The van der Waals surface area contributed by atoms with Gasteiger partial charge in [0.25, 0.3) is 5.91 Å². The zero-order chi connectivity index (χ0) is 17.4. The Morgan fingerprint density at radius 2 is 1.83 bits per heavy atom. The first-order valence-electron chi connectivity index (χ1n) is 7.12. The minimum absolute atomic E-state index is 0.359. The molecule has 0 heterocycles. The van der Waals surface area contributed by atoms with Crippen LogP contribution >= 0.6 is 0 Å². The van der Waals surface area contributed by atoms with Gasteiger partial charge in [0.15, 0.2) is 6.61 Å². The number of rotatable bonds is 6. The highest BCUT2D eigenvalue weighted by Gasteiger charge is 2.08. The molecule has 0 spiro atoms. The molecule has 0 aliphatic carbocycles. The Hall–Kier alpha value is -3.15. The molecule has 5 nitrogen and oxygen atoms in total. The highest BCUT2D eigenvalue weighted by atomic mass is 19.1. The number of esters is 1. The van der Waals surface area contributed by atoms with E-state index in [0.717, 1.165) is 0 Å². The molecule has 0 atom stereocenters. The van der Waals surface area contributed by atoms with Crippen LogP contribution in [-0.2, 0) is 14.3 Å². The van der Waals surface area contributed by atoms with Gasteiger partial charge in [-0.05, 0) is 35.9 Å². The minimum Gasteiger partial charge on any atom is -0.495 e. The van der Waals surface area contributed by atoms with E-state index in [1.807, 2.05) is 0 Å². The highest BCUT2D eigenvalue weighted by Crippen LogP contribution is 2.22. The average Bonchev–Trinajstić information content (AvgIpc) is 2.60. The third kappa shape index (κ3) is 5.24. The summed E-state index contributed by atoms with van der Waals surface area (Å²) in [4.78, 5) is 23.4. The molecule has 1 amide bonds. The van der Waals surface area contributed by atoms with Crippen LogP contribution in [0.2, 0.25) is 0 Å². The lowest BCUT2D eigenvalue weighted by molar-refractivity contribution is -0.142. The van der Waals surface area contributed by atoms with Gasteiger partial charge in [-0.3, -0.25) is 4.79 Å². The lowest BCUT2D eigenvalue weighted by atomic mass is 10.2. The number of methoxy groups -OCH3 is 1. The van der Waals surface area contributed by atoms with Crippen LogP contribution in [0.5, 0.6) is 5.75 Å². The number of amides is 1. The zero-order valence-electron chi connectivity index (χ0n) is 13.0. The van der Waals surface area contributed by atoms with Crippen LogP contribution in [0, 0.1) is 5.82 Å². The molecule has 0 bridgehead atoms. The summed E-state index contributed by atoms with van der Waals surface area (Å²) in [5, 5.41) is 2.59. The van der Waals surface area contributed by atoms with E-state index in [2.05, 4.69) is 5.32 Å². The van der Waals surface area contributed by atoms with Crippen molar-refractivity contribution in [1.82, 2.24) is 0 Å². The Balaban J connectivity index is 1.82. The smallest absolute Gasteiger partial charge is 0.331 e. The van der Waals surface area contributed by atoms with Gasteiger partial charge in [0.1, 0.15) is 11.6 Å². The quantitative estimate of drug-likeness (QED) is 0.653. The van der Waals surface area contributed by atoms with E-state index >= 15 is 0 Å². The van der Waals surface area contributed by atoms with E-state index in [4.69, 9.17) is 9.47 Å². The van der Waals surface area contributed by atoms with Crippen molar-refractivity contribution in [3.63, 3.8) is 0 Å². The average molecular weight is 329 g/mol. The number of halogens is 1. The molecule has 124 valence electrons. The molecule has 0 fully saturated rings. The van der Waals surface area contributed by atoms with Crippen molar-refractivity contribution in [3.05, 3.63) is 66.0 Å². The molecule has 24 heavy (non-hydrogen) atoms. The fourth-order valence-electron chi connectivity index (χ4n) is 1.86. The predicted molar refractivity (Wildman–Crippen MR) is 88.0 cm³/mol. The summed E-state index contributed by atoms with van der Waals surface area (Å²) < 4.78 is 22.7. The summed E-state index contributed by atoms with van der Waals surface area (Å²) in [5.74, 6) is -1.01. The largest absolute Gasteiger partial charge is 0.495 e. The lowest BCUT2D eigenvalue weighted by Crippen LogP contribution is -2.20. The van der Waals surface area contributed by atoms with E-state index in [-0.39, 0.29) is 5.82 Å². The van der Waals surface area contributed by atoms with Crippen molar-refractivity contribution < 1.29 is 23.5 Å².